The van der Waals surface area contributed by atoms with Gasteiger partial charge >= 0.3 is 0 Å². The Hall–Kier alpha value is -2.15. The fourth-order valence-electron chi connectivity index (χ4n) is 2.40. The lowest BCUT2D eigenvalue weighted by atomic mass is 10.1. The van der Waals surface area contributed by atoms with Crippen molar-refractivity contribution in [2.24, 2.45) is 5.73 Å². The monoisotopic (exact) mass is 265 g/mol. The number of aliphatic hydroxyl groups excluding tert-OH is 1. The van der Waals surface area contributed by atoms with Crippen molar-refractivity contribution >= 4 is 17.3 Å². The fraction of sp³-hybridized carbons (Fsp3) is 0.417. The Bertz CT molecular complexity index is 518. The summed E-state index contributed by atoms with van der Waals surface area (Å²) >= 11 is 0. The largest absolute Gasteiger partial charge is 0.394 e. The Kier molecular flexibility index (Phi) is 3.66. The molecule has 7 heteroatoms. The molecule has 19 heavy (non-hydrogen) atoms. The number of anilines is 1. The highest BCUT2D eigenvalue weighted by Crippen LogP contribution is 2.34. The number of nitro groups is 1. The molecule has 0 spiro atoms. The Morgan fingerprint density at radius 2 is 2.32 bits per heavy atom. The van der Waals surface area contributed by atoms with E-state index in [0.717, 1.165) is 12.8 Å². The van der Waals surface area contributed by atoms with E-state index < -0.39 is 10.8 Å². The van der Waals surface area contributed by atoms with Gasteiger partial charge < -0.3 is 15.7 Å². The SMILES string of the molecule is NC(=O)c1ccc([N+](=O)[O-])c(N2CCCC2CO)c1. The summed E-state index contributed by atoms with van der Waals surface area (Å²) < 4.78 is 0. The van der Waals surface area contributed by atoms with E-state index in [2.05, 4.69) is 0 Å². The van der Waals surface area contributed by atoms with Crippen molar-refractivity contribution in [3.05, 3.63) is 33.9 Å². The van der Waals surface area contributed by atoms with E-state index in [1.807, 2.05) is 0 Å². The Labute approximate surface area is 109 Å². The fourth-order valence-corrected chi connectivity index (χ4v) is 2.40. The number of carbonyl (C=O) groups excluding carboxylic acids is 1. The Morgan fingerprint density at radius 3 is 2.89 bits per heavy atom. The van der Waals surface area contributed by atoms with Crippen molar-refractivity contribution in [3.63, 3.8) is 0 Å². The molecule has 102 valence electrons. The molecule has 0 aromatic heterocycles. The van der Waals surface area contributed by atoms with Gasteiger partial charge in [-0.05, 0) is 25.0 Å². The maximum Gasteiger partial charge on any atom is 0.292 e. The van der Waals surface area contributed by atoms with Crippen molar-refractivity contribution in [1.29, 1.82) is 0 Å². The molecular formula is C12H15N3O4. The maximum absolute atomic E-state index is 11.2. The minimum absolute atomic E-state index is 0.0715. The normalized spacial score (nSPS) is 18.6. The molecule has 1 aliphatic heterocycles. The second-order valence-corrected chi connectivity index (χ2v) is 4.50. The summed E-state index contributed by atoms with van der Waals surface area (Å²) in [6.07, 6.45) is 1.62. The van der Waals surface area contributed by atoms with Crippen LogP contribution in [0.5, 0.6) is 0 Å². The number of hydrogen-bond donors (Lipinski definition) is 2. The zero-order valence-corrected chi connectivity index (χ0v) is 10.3. The van der Waals surface area contributed by atoms with Crippen LogP contribution in [-0.2, 0) is 0 Å². The molecule has 1 heterocycles. The molecule has 1 fully saturated rings. The van der Waals surface area contributed by atoms with Crippen LogP contribution in [-0.4, -0.2) is 35.1 Å². The molecule has 0 saturated carbocycles. The first-order valence-corrected chi connectivity index (χ1v) is 6.00. The molecule has 1 unspecified atom stereocenters. The summed E-state index contributed by atoms with van der Waals surface area (Å²) in [6.45, 7) is 0.548. The lowest BCUT2D eigenvalue weighted by Gasteiger charge is -2.25. The van der Waals surface area contributed by atoms with Gasteiger partial charge in [-0.1, -0.05) is 0 Å². The average molecular weight is 265 g/mol. The van der Waals surface area contributed by atoms with Gasteiger partial charge in [0.25, 0.3) is 5.69 Å². The summed E-state index contributed by atoms with van der Waals surface area (Å²) in [7, 11) is 0. The highest BCUT2D eigenvalue weighted by Gasteiger charge is 2.29. The lowest BCUT2D eigenvalue weighted by molar-refractivity contribution is -0.384. The van der Waals surface area contributed by atoms with Gasteiger partial charge in [0, 0.05) is 18.2 Å². The predicted octanol–water partition coefficient (Wildman–Crippen LogP) is 0.655. The molecule has 7 nitrogen and oxygen atoms in total. The van der Waals surface area contributed by atoms with E-state index in [-0.39, 0.29) is 23.9 Å². The van der Waals surface area contributed by atoms with Crippen molar-refractivity contribution < 1.29 is 14.8 Å². The molecule has 2 rings (SSSR count). The summed E-state index contributed by atoms with van der Waals surface area (Å²) in [5, 5.41) is 20.4. The van der Waals surface area contributed by atoms with Crippen LogP contribution >= 0.6 is 0 Å². The number of carbonyl (C=O) groups is 1. The Balaban J connectivity index is 2.48. The standard InChI is InChI=1S/C12H15N3O4/c13-12(17)8-3-4-10(15(18)19)11(6-8)14-5-1-2-9(14)7-16/h3-4,6,9,16H,1-2,5,7H2,(H2,13,17). The number of amides is 1. The third-order valence-electron chi connectivity index (χ3n) is 3.35. The second-order valence-electron chi connectivity index (χ2n) is 4.50. The lowest BCUT2D eigenvalue weighted by Crippen LogP contribution is -2.32. The van der Waals surface area contributed by atoms with E-state index in [9.17, 15) is 20.0 Å². The number of rotatable bonds is 4. The zero-order valence-electron chi connectivity index (χ0n) is 10.3. The van der Waals surface area contributed by atoms with Crippen LogP contribution in [0.2, 0.25) is 0 Å². The highest BCUT2D eigenvalue weighted by molar-refractivity contribution is 5.94. The van der Waals surface area contributed by atoms with Gasteiger partial charge in [0.1, 0.15) is 5.69 Å². The van der Waals surface area contributed by atoms with Gasteiger partial charge in [-0.25, -0.2) is 0 Å². The van der Waals surface area contributed by atoms with Gasteiger partial charge in [-0.15, -0.1) is 0 Å². The van der Waals surface area contributed by atoms with Crippen molar-refractivity contribution in [2.75, 3.05) is 18.1 Å². The minimum Gasteiger partial charge on any atom is -0.394 e. The second kappa shape index (κ2) is 5.23. The smallest absolute Gasteiger partial charge is 0.292 e. The molecule has 0 aliphatic carbocycles. The molecule has 1 aromatic rings. The number of primary amides is 1. The van der Waals surface area contributed by atoms with Gasteiger partial charge in [-0.3, -0.25) is 14.9 Å². The molecular weight excluding hydrogens is 250 g/mol. The first-order chi connectivity index (χ1) is 9.04. The topological polar surface area (TPSA) is 110 Å². The third kappa shape index (κ3) is 2.50. The molecule has 1 aromatic carbocycles. The van der Waals surface area contributed by atoms with E-state index in [1.165, 1.54) is 18.2 Å². The predicted molar refractivity (Wildman–Crippen MR) is 69.1 cm³/mol. The number of benzene rings is 1. The first kappa shape index (κ1) is 13.3. The van der Waals surface area contributed by atoms with Crippen LogP contribution in [0, 0.1) is 10.1 Å². The third-order valence-corrected chi connectivity index (χ3v) is 3.35. The van der Waals surface area contributed by atoms with Crippen molar-refractivity contribution in [1.82, 2.24) is 0 Å². The van der Waals surface area contributed by atoms with E-state index >= 15 is 0 Å². The Morgan fingerprint density at radius 1 is 1.58 bits per heavy atom. The van der Waals surface area contributed by atoms with Gasteiger partial charge in [0.15, 0.2) is 0 Å². The van der Waals surface area contributed by atoms with Gasteiger partial charge in [-0.2, -0.15) is 0 Å². The zero-order chi connectivity index (χ0) is 14.0. The van der Waals surface area contributed by atoms with Crippen LogP contribution in [0.3, 0.4) is 0 Å². The molecule has 0 radical (unpaired) electrons. The summed E-state index contributed by atoms with van der Waals surface area (Å²) in [4.78, 5) is 23.5. The molecule has 1 amide bonds. The molecule has 1 saturated heterocycles. The maximum atomic E-state index is 11.2. The van der Waals surface area contributed by atoms with E-state index in [4.69, 9.17) is 5.73 Å². The first-order valence-electron chi connectivity index (χ1n) is 6.00. The number of nitrogens with two attached hydrogens (primary N) is 1. The van der Waals surface area contributed by atoms with Crippen LogP contribution in [0.15, 0.2) is 18.2 Å². The molecule has 0 bridgehead atoms. The van der Waals surface area contributed by atoms with Crippen LogP contribution < -0.4 is 10.6 Å². The number of nitro benzene ring substituents is 1. The van der Waals surface area contributed by atoms with Gasteiger partial charge in [0.2, 0.25) is 5.91 Å². The van der Waals surface area contributed by atoms with Crippen LogP contribution in [0.1, 0.15) is 23.2 Å². The summed E-state index contributed by atoms with van der Waals surface area (Å²) in [5.74, 6) is -0.629. The highest BCUT2D eigenvalue weighted by atomic mass is 16.6. The van der Waals surface area contributed by atoms with Gasteiger partial charge in [0.05, 0.1) is 17.6 Å². The summed E-state index contributed by atoms with van der Waals surface area (Å²) in [5.41, 5.74) is 5.69. The average Bonchev–Trinajstić information content (AvgIpc) is 2.85. The number of aliphatic hydroxyl groups is 1. The van der Waals surface area contributed by atoms with Crippen molar-refractivity contribution in [3.8, 4) is 0 Å². The number of nitrogens with zero attached hydrogens (tertiary/aromatic N) is 2. The van der Waals surface area contributed by atoms with E-state index in [0.29, 0.717) is 12.2 Å². The molecule has 3 N–H and O–H groups in total. The minimum atomic E-state index is -0.629. The summed E-state index contributed by atoms with van der Waals surface area (Å²) in [6, 6.07) is 3.90. The van der Waals surface area contributed by atoms with E-state index in [1.54, 1.807) is 4.90 Å². The molecule has 1 aliphatic rings. The number of hydrogen-bond acceptors (Lipinski definition) is 5. The van der Waals surface area contributed by atoms with Crippen LogP contribution in [0.4, 0.5) is 11.4 Å². The quantitative estimate of drug-likeness (QED) is 0.613. The molecule has 1 atom stereocenters. The van der Waals surface area contributed by atoms with Crippen molar-refractivity contribution in [2.45, 2.75) is 18.9 Å². The van der Waals surface area contributed by atoms with Crippen LogP contribution in [0.25, 0.3) is 0 Å².